The lowest BCUT2D eigenvalue weighted by molar-refractivity contribution is 0.0638. The molecule has 0 aromatic rings. The third-order valence-corrected chi connectivity index (χ3v) is 4.02. The van der Waals surface area contributed by atoms with E-state index in [2.05, 4.69) is 19.2 Å². The summed E-state index contributed by atoms with van der Waals surface area (Å²) in [4.78, 5) is 0. The third kappa shape index (κ3) is 1.28. The Balaban J connectivity index is 2.12. The number of nitrogens with one attached hydrogen (secondary N) is 1. The monoisotopic (exact) mass is 167 g/mol. The lowest BCUT2D eigenvalue weighted by Crippen LogP contribution is -2.53. The Morgan fingerprint density at radius 3 is 2.75 bits per heavy atom. The Hall–Kier alpha value is -0.0400. The smallest absolute Gasteiger partial charge is 0.0146 e. The van der Waals surface area contributed by atoms with Gasteiger partial charge >= 0.3 is 0 Å². The lowest BCUT2D eigenvalue weighted by atomic mass is 9.63. The minimum Gasteiger partial charge on any atom is -0.313 e. The van der Waals surface area contributed by atoms with E-state index in [0.29, 0.717) is 5.41 Å². The summed E-state index contributed by atoms with van der Waals surface area (Å²) < 4.78 is 0. The number of hydrogen-bond acceptors (Lipinski definition) is 1. The molecule has 0 aromatic heterocycles. The minimum absolute atomic E-state index is 0.635. The van der Waals surface area contributed by atoms with Crippen LogP contribution < -0.4 is 5.32 Å². The van der Waals surface area contributed by atoms with E-state index in [1.807, 2.05) is 0 Å². The number of hydrogen-bond donors (Lipinski definition) is 1. The Bertz CT molecular complexity index is 162. The Morgan fingerprint density at radius 2 is 2.00 bits per heavy atom. The molecule has 2 rings (SSSR count). The van der Waals surface area contributed by atoms with E-state index in [0.717, 1.165) is 12.0 Å². The third-order valence-electron chi connectivity index (χ3n) is 4.02. The molecule has 1 nitrogen and oxygen atoms in total. The second-order valence-corrected chi connectivity index (χ2v) is 5.06. The lowest BCUT2D eigenvalue weighted by Gasteiger charge is -2.49. The summed E-state index contributed by atoms with van der Waals surface area (Å²) in [6.07, 6.45) is 7.19. The summed E-state index contributed by atoms with van der Waals surface area (Å²) in [6, 6.07) is 0.819. The van der Waals surface area contributed by atoms with E-state index >= 15 is 0 Å². The molecule has 1 N–H and O–H groups in total. The molecular formula is C11H21N. The van der Waals surface area contributed by atoms with Gasteiger partial charge in [-0.2, -0.15) is 0 Å². The zero-order valence-electron chi connectivity index (χ0n) is 8.40. The molecule has 0 bridgehead atoms. The van der Waals surface area contributed by atoms with Crippen LogP contribution in [0.25, 0.3) is 0 Å². The molecule has 12 heavy (non-hydrogen) atoms. The second kappa shape index (κ2) is 3.02. The van der Waals surface area contributed by atoms with E-state index in [1.165, 1.54) is 38.6 Å². The maximum absolute atomic E-state index is 3.71. The molecular weight excluding hydrogens is 146 g/mol. The van der Waals surface area contributed by atoms with Crippen molar-refractivity contribution in [1.29, 1.82) is 0 Å². The van der Waals surface area contributed by atoms with Gasteiger partial charge in [0.1, 0.15) is 0 Å². The molecule has 2 fully saturated rings. The zero-order valence-corrected chi connectivity index (χ0v) is 8.40. The summed E-state index contributed by atoms with van der Waals surface area (Å²) in [5, 5.41) is 3.71. The van der Waals surface area contributed by atoms with Crippen LogP contribution in [0.3, 0.4) is 0 Å². The van der Waals surface area contributed by atoms with Crippen LogP contribution in [-0.4, -0.2) is 12.6 Å². The number of piperidine rings is 1. The van der Waals surface area contributed by atoms with Crippen LogP contribution in [0, 0.1) is 11.3 Å². The van der Waals surface area contributed by atoms with Crippen molar-refractivity contribution in [3.8, 4) is 0 Å². The van der Waals surface area contributed by atoms with E-state index in [-0.39, 0.29) is 0 Å². The first-order chi connectivity index (χ1) is 5.72. The van der Waals surface area contributed by atoms with Crippen LogP contribution in [0.5, 0.6) is 0 Å². The first-order valence-corrected chi connectivity index (χ1v) is 5.46. The summed E-state index contributed by atoms with van der Waals surface area (Å²) in [6.45, 7) is 6.16. The summed E-state index contributed by atoms with van der Waals surface area (Å²) >= 11 is 0. The molecule has 2 aliphatic rings. The van der Waals surface area contributed by atoms with Gasteiger partial charge < -0.3 is 5.32 Å². The maximum Gasteiger partial charge on any atom is 0.0146 e. The van der Waals surface area contributed by atoms with Crippen molar-refractivity contribution in [3.05, 3.63) is 0 Å². The predicted octanol–water partition coefficient (Wildman–Crippen LogP) is 2.56. The Labute approximate surface area is 75.9 Å². The van der Waals surface area contributed by atoms with Crippen LogP contribution >= 0.6 is 0 Å². The Morgan fingerprint density at radius 1 is 1.25 bits per heavy atom. The highest BCUT2D eigenvalue weighted by molar-refractivity contribution is 4.96. The topological polar surface area (TPSA) is 12.0 Å². The average Bonchev–Trinajstić information content (AvgIpc) is 2.04. The first kappa shape index (κ1) is 8.55. The van der Waals surface area contributed by atoms with Gasteiger partial charge in [-0.1, -0.05) is 20.3 Å². The molecule has 3 atom stereocenters. The van der Waals surface area contributed by atoms with Crippen LogP contribution in [0.4, 0.5) is 0 Å². The van der Waals surface area contributed by atoms with Gasteiger partial charge in [0.15, 0.2) is 0 Å². The van der Waals surface area contributed by atoms with Crippen molar-refractivity contribution >= 4 is 0 Å². The summed E-state index contributed by atoms with van der Waals surface area (Å²) in [5.41, 5.74) is 0.635. The average molecular weight is 167 g/mol. The fraction of sp³-hybridized carbons (Fsp3) is 1.00. The maximum atomic E-state index is 3.71. The molecule has 1 heterocycles. The minimum atomic E-state index is 0.635. The molecule has 0 amide bonds. The molecule has 1 aliphatic heterocycles. The molecule has 1 saturated carbocycles. The summed E-state index contributed by atoms with van der Waals surface area (Å²) in [5.74, 6) is 0.907. The van der Waals surface area contributed by atoms with Crippen LogP contribution in [0.2, 0.25) is 0 Å². The molecule has 0 spiro atoms. The van der Waals surface area contributed by atoms with Gasteiger partial charge in [0.05, 0.1) is 0 Å². The van der Waals surface area contributed by atoms with Crippen molar-refractivity contribution in [3.63, 3.8) is 0 Å². The van der Waals surface area contributed by atoms with Gasteiger partial charge in [0.25, 0.3) is 0 Å². The fourth-order valence-corrected chi connectivity index (χ4v) is 3.31. The van der Waals surface area contributed by atoms with Gasteiger partial charge in [-0.3, -0.25) is 0 Å². The van der Waals surface area contributed by atoms with Crippen molar-refractivity contribution in [2.75, 3.05) is 6.54 Å². The highest BCUT2D eigenvalue weighted by Crippen LogP contribution is 2.44. The normalized spacial score (nSPS) is 48.5. The van der Waals surface area contributed by atoms with Gasteiger partial charge in [0, 0.05) is 6.04 Å². The van der Waals surface area contributed by atoms with Crippen LogP contribution in [0.15, 0.2) is 0 Å². The Kier molecular flexibility index (Phi) is 2.16. The van der Waals surface area contributed by atoms with Crippen LogP contribution in [0.1, 0.15) is 46.0 Å². The number of fused-ring (bicyclic) bond motifs is 1. The second-order valence-electron chi connectivity index (χ2n) is 5.06. The van der Waals surface area contributed by atoms with Gasteiger partial charge in [-0.05, 0) is 43.6 Å². The molecule has 0 aromatic carbocycles. The van der Waals surface area contributed by atoms with E-state index < -0.39 is 0 Å². The van der Waals surface area contributed by atoms with Gasteiger partial charge in [-0.25, -0.2) is 0 Å². The quantitative estimate of drug-likeness (QED) is 0.584. The van der Waals surface area contributed by atoms with Crippen molar-refractivity contribution in [1.82, 2.24) is 5.32 Å². The predicted molar refractivity (Wildman–Crippen MR) is 52.1 cm³/mol. The van der Waals surface area contributed by atoms with Crippen molar-refractivity contribution in [2.45, 2.75) is 52.0 Å². The number of rotatable bonds is 0. The van der Waals surface area contributed by atoms with E-state index in [1.54, 1.807) is 0 Å². The molecule has 0 unspecified atom stereocenters. The molecule has 0 radical (unpaired) electrons. The van der Waals surface area contributed by atoms with Gasteiger partial charge in [0.2, 0.25) is 0 Å². The summed E-state index contributed by atoms with van der Waals surface area (Å²) in [7, 11) is 0. The standard InChI is InChI=1S/C11H21N/c1-9-5-3-6-11(2)7-4-8-12-10(9)11/h9-10,12H,3-8H2,1-2H3/t9-,10-,11-/m0/s1. The zero-order chi connectivity index (χ0) is 8.60. The van der Waals surface area contributed by atoms with E-state index in [4.69, 9.17) is 0 Å². The van der Waals surface area contributed by atoms with E-state index in [9.17, 15) is 0 Å². The van der Waals surface area contributed by atoms with Gasteiger partial charge in [-0.15, -0.1) is 0 Å². The highest BCUT2D eigenvalue weighted by atomic mass is 15.0. The molecule has 1 aliphatic carbocycles. The fourth-order valence-electron chi connectivity index (χ4n) is 3.31. The first-order valence-electron chi connectivity index (χ1n) is 5.46. The largest absolute Gasteiger partial charge is 0.313 e. The van der Waals surface area contributed by atoms with Crippen molar-refractivity contribution in [2.24, 2.45) is 11.3 Å². The highest BCUT2D eigenvalue weighted by Gasteiger charge is 2.41. The molecule has 1 saturated heterocycles. The van der Waals surface area contributed by atoms with Crippen molar-refractivity contribution < 1.29 is 0 Å². The SMILES string of the molecule is C[C@H]1CCC[C@@]2(C)CCCN[C@@H]12. The molecule has 1 heteroatoms. The van der Waals surface area contributed by atoms with Crippen LogP contribution in [-0.2, 0) is 0 Å². The molecule has 70 valence electrons.